The Labute approximate surface area is 175 Å². The Morgan fingerprint density at radius 2 is 2.00 bits per heavy atom. The number of hydrogen-bond donors (Lipinski definition) is 1. The van der Waals surface area contributed by atoms with Crippen LogP contribution in [0.25, 0.3) is 0 Å². The van der Waals surface area contributed by atoms with Gasteiger partial charge in [0.2, 0.25) is 5.91 Å². The average molecular weight is 412 g/mol. The Kier molecular flexibility index (Phi) is 5.61. The smallest absolute Gasteiger partial charge is 0.254 e. The van der Waals surface area contributed by atoms with Crippen LogP contribution in [0.4, 0.5) is 10.1 Å². The van der Waals surface area contributed by atoms with Crippen LogP contribution in [0, 0.1) is 11.7 Å². The number of halogens is 1. The molecule has 1 saturated carbocycles. The van der Waals surface area contributed by atoms with E-state index in [1.165, 1.54) is 32.8 Å². The number of nitrogens with one attached hydrogen (secondary N) is 1. The first-order valence-electron chi connectivity index (χ1n) is 10.1. The van der Waals surface area contributed by atoms with Crippen molar-refractivity contribution in [2.24, 2.45) is 5.92 Å². The molecule has 7 heteroatoms. The summed E-state index contributed by atoms with van der Waals surface area (Å²) in [7, 11) is 2.96. The Morgan fingerprint density at radius 3 is 2.70 bits per heavy atom. The van der Waals surface area contributed by atoms with Gasteiger partial charge in [0.1, 0.15) is 5.82 Å². The Balaban J connectivity index is 1.57. The van der Waals surface area contributed by atoms with E-state index in [0.717, 1.165) is 19.4 Å². The van der Waals surface area contributed by atoms with Gasteiger partial charge in [-0.05, 0) is 48.6 Å². The molecule has 2 atom stereocenters. The van der Waals surface area contributed by atoms with Crippen LogP contribution in [0.5, 0.6) is 11.5 Å². The zero-order valence-electron chi connectivity index (χ0n) is 17.1. The number of methoxy groups -OCH3 is 2. The fourth-order valence-corrected chi connectivity index (χ4v) is 4.50. The zero-order chi connectivity index (χ0) is 21.3. The number of amides is 2. The van der Waals surface area contributed by atoms with E-state index in [2.05, 4.69) is 5.32 Å². The van der Waals surface area contributed by atoms with E-state index in [9.17, 15) is 14.0 Å². The highest BCUT2D eigenvalue weighted by molar-refractivity contribution is 6.00. The monoisotopic (exact) mass is 412 g/mol. The second kappa shape index (κ2) is 8.34. The van der Waals surface area contributed by atoms with Crippen molar-refractivity contribution in [2.45, 2.75) is 31.7 Å². The molecular formula is C23H25FN2O4. The summed E-state index contributed by atoms with van der Waals surface area (Å²) in [6.45, 7) is 0.777. The lowest BCUT2D eigenvalue weighted by atomic mass is 9.91. The Bertz CT molecular complexity index is 978. The van der Waals surface area contributed by atoms with Crippen LogP contribution in [0.1, 0.15) is 35.2 Å². The number of nitrogens with zero attached hydrogens (tertiary/aromatic N) is 1. The van der Waals surface area contributed by atoms with Gasteiger partial charge in [-0.15, -0.1) is 0 Å². The molecule has 2 aliphatic rings. The molecule has 1 N–H and O–H groups in total. The molecule has 1 aliphatic heterocycles. The van der Waals surface area contributed by atoms with E-state index >= 15 is 0 Å². The predicted molar refractivity (Wildman–Crippen MR) is 110 cm³/mol. The van der Waals surface area contributed by atoms with Gasteiger partial charge in [0, 0.05) is 18.2 Å². The van der Waals surface area contributed by atoms with Crippen LogP contribution >= 0.6 is 0 Å². The minimum absolute atomic E-state index is 0.00270. The molecule has 2 aromatic rings. The van der Waals surface area contributed by atoms with Gasteiger partial charge in [0.15, 0.2) is 11.5 Å². The average Bonchev–Trinajstić information content (AvgIpc) is 3.07. The van der Waals surface area contributed by atoms with Crippen LogP contribution in [-0.4, -0.2) is 43.5 Å². The van der Waals surface area contributed by atoms with Gasteiger partial charge in [0.25, 0.3) is 5.91 Å². The number of ether oxygens (including phenoxy) is 2. The fraction of sp³-hybridized carbons (Fsp3) is 0.391. The highest BCUT2D eigenvalue weighted by Crippen LogP contribution is 2.41. The predicted octanol–water partition coefficient (Wildman–Crippen LogP) is 3.65. The van der Waals surface area contributed by atoms with E-state index in [1.54, 1.807) is 24.3 Å². The second-order valence-electron chi connectivity index (χ2n) is 7.83. The van der Waals surface area contributed by atoms with Crippen LogP contribution in [0.15, 0.2) is 36.4 Å². The molecular weight excluding hydrogens is 387 g/mol. The molecule has 158 valence electrons. The summed E-state index contributed by atoms with van der Waals surface area (Å²) in [5, 5.41) is 2.78. The molecule has 0 radical (unpaired) electrons. The topological polar surface area (TPSA) is 67.9 Å². The fourth-order valence-electron chi connectivity index (χ4n) is 4.50. The summed E-state index contributed by atoms with van der Waals surface area (Å²) in [5.74, 6) is 0.508. The molecule has 2 aromatic carbocycles. The SMILES string of the molecule is COc1cc(C(=O)N2C[C@@H]3CCC[C@@H]32)cc(NC(=O)Cc2cccc(F)c2)c1OC. The first kappa shape index (κ1) is 20.2. The van der Waals surface area contributed by atoms with Crippen LogP contribution in [-0.2, 0) is 11.2 Å². The molecule has 2 fully saturated rings. The molecule has 2 amide bonds. The van der Waals surface area contributed by atoms with Crippen molar-refractivity contribution in [2.75, 3.05) is 26.1 Å². The standard InChI is InChI=1S/C23H25FN2O4/c1-29-20-12-16(23(28)26-13-15-6-4-8-19(15)26)11-18(22(20)30-2)25-21(27)10-14-5-3-7-17(24)9-14/h3,5,7,9,11-12,15,19H,4,6,8,10,13H2,1-2H3,(H,25,27)/t15-,19-/m0/s1. The zero-order valence-corrected chi connectivity index (χ0v) is 17.1. The summed E-state index contributed by atoms with van der Waals surface area (Å²) in [5.41, 5.74) is 1.35. The van der Waals surface area contributed by atoms with Crippen LogP contribution in [0.3, 0.4) is 0 Å². The van der Waals surface area contributed by atoms with Crippen molar-refractivity contribution in [3.8, 4) is 11.5 Å². The lowest BCUT2D eigenvalue weighted by Crippen LogP contribution is -2.55. The van der Waals surface area contributed by atoms with E-state index in [-0.39, 0.29) is 18.2 Å². The first-order valence-corrected chi connectivity index (χ1v) is 10.1. The number of carbonyl (C=O) groups is 2. The molecule has 1 heterocycles. The summed E-state index contributed by atoms with van der Waals surface area (Å²) in [4.78, 5) is 27.5. The minimum Gasteiger partial charge on any atom is -0.493 e. The number of hydrogen-bond acceptors (Lipinski definition) is 4. The number of rotatable bonds is 6. The maximum absolute atomic E-state index is 13.4. The molecule has 1 saturated heterocycles. The molecule has 0 unspecified atom stereocenters. The number of benzene rings is 2. The molecule has 6 nitrogen and oxygen atoms in total. The van der Waals surface area contributed by atoms with Gasteiger partial charge in [-0.3, -0.25) is 9.59 Å². The maximum atomic E-state index is 13.4. The van der Waals surface area contributed by atoms with Gasteiger partial charge < -0.3 is 19.7 Å². The van der Waals surface area contributed by atoms with Gasteiger partial charge in [-0.2, -0.15) is 0 Å². The van der Waals surface area contributed by atoms with Crippen molar-refractivity contribution in [3.63, 3.8) is 0 Å². The highest BCUT2D eigenvalue weighted by Gasteiger charge is 2.44. The van der Waals surface area contributed by atoms with Crippen molar-refractivity contribution >= 4 is 17.5 Å². The minimum atomic E-state index is -0.396. The molecule has 0 aromatic heterocycles. The summed E-state index contributed by atoms with van der Waals surface area (Å²) in [6, 6.07) is 9.47. The Morgan fingerprint density at radius 1 is 1.17 bits per heavy atom. The van der Waals surface area contributed by atoms with Crippen molar-refractivity contribution < 1.29 is 23.5 Å². The normalized spacial score (nSPS) is 19.6. The van der Waals surface area contributed by atoms with Crippen LogP contribution < -0.4 is 14.8 Å². The molecule has 0 spiro atoms. The van der Waals surface area contributed by atoms with Gasteiger partial charge in [-0.1, -0.05) is 18.6 Å². The maximum Gasteiger partial charge on any atom is 0.254 e. The number of carbonyl (C=O) groups excluding carboxylic acids is 2. The van der Waals surface area contributed by atoms with E-state index in [1.807, 2.05) is 4.90 Å². The summed E-state index contributed by atoms with van der Waals surface area (Å²) < 4.78 is 24.2. The number of anilines is 1. The summed E-state index contributed by atoms with van der Waals surface area (Å²) in [6.07, 6.45) is 3.38. The number of likely N-dealkylation sites (tertiary alicyclic amines) is 1. The van der Waals surface area contributed by atoms with Gasteiger partial charge >= 0.3 is 0 Å². The van der Waals surface area contributed by atoms with E-state index in [4.69, 9.17) is 9.47 Å². The lowest BCUT2D eigenvalue weighted by Gasteiger charge is -2.44. The molecule has 30 heavy (non-hydrogen) atoms. The summed E-state index contributed by atoms with van der Waals surface area (Å²) >= 11 is 0. The van der Waals surface area contributed by atoms with Crippen molar-refractivity contribution in [1.29, 1.82) is 0 Å². The third-order valence-corrected chi connectivity index (χ3v) is 5.96. The van der Waals surface area contributed by atoms with E-state index < -0.39 is 5.82 Å². The molecule has 1 aliphatic carbocycles. The lowest BCUT2D eigenvalue weighted by molar-refractivity contribution is -0.115. The molecule has 0 bridgehead atoms. The van der Waals surface area contributed by atoms with Crippen molar-refractivity contribution in [1.82, 2.24) is 4.90 Å². The quantitative estimate of drug-likeness (QED) is 0.787. The van der Waals surface area contributed by atoms with Crippen LogP contribution in [0.2, 0.25) is 0 Å². The van der Waals surface area contributed by atoms with Gasteiger partial charge in [0.05, 0.1) is 26.3 Å². The third-order valence-electron chi connectivity index (χ3n) is 5.96. The van der Waals surface area contributed by atoms with Gasteiger partial charge in [-0.25, -0.2) is 4.39 Å². The van der Waals surface area contributed by atoms with E-state index in [0.29, 0.717) is 40.3 Å². The van der Waals surface area contributed by atoms with Crippen molar-refractivity contribution in [3.05, 3.63) is 53.3 Å². The largest absolute Gasteiger partial charge is 0.493 e. The second-order valence-corrected chi connectivity index (χ2v) is 7.83. The number of fused-ring (bicyclic) bond motifs is 1. The Hall–Kier alpha value is -3.09. The third kappa shape index (κ3) is 3.84. The highest BCUT2D eigenvalue weighted by atomic mass is 19.1. The molecule has 4 rings (SSSR count). The first-order chi connectivity index (χ1) is 14.5.